The van der Waals surface area contributed by atoms with Gasteiger partial charge in [0.1, 0.15) is 5.75 Å². The predicted octanol–water partition coefficient (Wildman–Crippen LogP) is 2.67. The summed E-state index contributed by atoms with van der Waals surface area (Å²) in [4.78, 5) is 14.0. The molecule has 0 unspecified atom stereocenters. The summed E-state index contributed by atoms with van der Waals surface area (Å²) < 4.78 is 27.3. The summed E-state index contributed by atoms with van der Waals surface area (Å²) in [6.45, 7) is 2.20. The molecule has 0 bridgehead atoms. The van der Waals surface area contributed by atoms with Gasteiger partial charge in [0.25, 0.3) is 0 Å². The molecule has 0 radical (unpaired) electrons. The minimum absolute atomic E-state index is 0.00665. The molecule has 2 aliphatic rings. The van der Waals surface area contributed by atoms with Gasteiger partial charge in [0.15, 0.2) is 0 Å². The van der Waals surface area contributed by atoms with Gasteiger partial charge in [-0.15, -0.1) is 0 Å². The third-order valence-corrected chi connectivity index (χ3v) is 6.76. The van der Waals surface area contributed by atoms with Crippen LogP contribution in [0.25, 0.3) is 0 Å². The number of hydrogen-bond donors (Lipinski definition) is 1. The highest BCUT2D eigenvalue weighted by Gasteiger charge is 2.28. The second-order valence-electron chi connectivity index (χ2n) is 7.48. The number of hydrogen-bond acceptors (Lipinski definition) is 3. The third kappa shape index (κ3) is 6.07. The molecule has 1 N–H and O–H groups in total. The first-order chi connectivity index (χ1) is 10.9. The topological polar surface area (TPSA) is 66.5 Å². The van der Waals surface area contributed by atoms with Crippen molar-refractivity contribution < 1.29 is 13.2 Å². The molecule has 23 heavy (non-hydrogen) atoms. The number of sulfonamides is 1. The van der Waals surface area contributed by atoms with Gasteiger partial charge < -0.3 is 4.90 Å². The van der Waals surface area contributed by atoms with E-state index in [-0.39, 0.29) is 18.0 Å². The zero-order chi connectivity index (χ0) is 16.9. The highest BCUT2D eigenvalue weighted by molar-refractivity contribution is 7.90. The van der Waals surface area contributed by atoms with Crippen LogP contribution in [-0.4, -0.2) is 44.1 Å². The van der Waals surface area contributed by atoms with Crippen LogP contribution in [0.15, 0.2) is 0 Å². The molecule has 6 heteroatoms. The highest BCUT2D eigenvalue weighted by Crippen LogP contribution is 2.24. The SMILES string of the molecule is CC1CCC(NS(=O)(=O)CC(=O)N(C)C2CCCCCC2)CC1. The molecule has 2 fully saturated rings. The predicted molar refractivity (Wildman–Crippen MR) is 92.6 cm³/mol. The van der Waals surface area contributed by atoms with Crippen LogP contribution >= 0.6 is 0 Å². The van der Waals surface area contributed by atoms with E-state index >= 15 is 0 Å². The Hall–Kier alpha value is -0.620. The molecule has 5 nitrogen and oxygen atoms in total. The third-order valence-electron chi connectivity index (χ3n) is 5.44. The fourth-order valence-electron chi connectivity index (χ4n) is 3.79. The van der Waals surface area contributed by atoms with E-state index in [4.69, 9.17) is 0 Å². The van der Waals surface area contributed by atoms with Gasteiger partial charge >= 0.3 is 0 Å². The van der Waals surface area contributed by atoms with E-state index < -0.39 is 15.8 Å². The van der Waals surface area contributed by atoms with Crippen molar-refractivity contribution in [2.24, 2.45) is 5.92 Å². The van der Waals surface area contributed by atoms with Gasteiger partial charge in [-0.2, -0.15) is 0 Å². The molecule has 0 atom stereocenters. The zero-order valence-electron chi connectivity index (χ0n) is 14.6. The van der Waals surface area contributed by atoms with Crippen LogP contribution in [-0.2, 0) is 14.8 Å². The van der Waals surface area contributed by atoms with Crippen LogP contribution in [0.5, 0.6) is 0 Å². The lowest BCUT2D eigenvalue weighted by Crippen LogP contribution is -2.45. The van der Waals surface area contributed by atoms with E-state index in [1.165, 1.54) is 12.8 Å². The Labute approximate surface area is 141 Å². The second kappa shape index (κ2) is 8.47. The summed E-state index contributed by atoms with van der Waals surface area (Å²) in [5.74, 6) is -0.00109. The Morgan fingerprint density at radius 1 is 1.00 bits per heavy atom. The Morgan fingerprint density at radius 3 is 2.13 bits per heavy atom. The summed E-state index contributed by atoms with van der Waals surface area (Å²) in [5, 5.41) is 0. The second-order valence-corrected chi connectivity index (χ2v) is 9.24. The fraction of sp³-hybridized carbons (Fsp3) is 0.941. The molecular weight excluding hydrogens is 312 g/mol. The van der Waals surface area contributed by atoms with Gasteiger partial charge in [-0.05, 0) is 44.4 Å². The van der Waals surface area contributed by atoms with Gasteiger partial charge in [-0.1, -0.05) is 32.6 Å². The van der Waals surface area contributed by atoms with Gasteiger partial charge in [0.05, 0.1) is 0 Å². The molecule has 2 saturated carbocycles. The van der Waals surface area contributed by atoms with E-state index in [0.29, 0.717) is 5.92 Å². The van der Waals surface area contributed by atoms with Crippen molar-refractivity contribution in [3.63, 3.8) is 0 Å². The summed E-state index contributed by atoms with van der Waals surface area (Å²) in [6, 6.07) is 0.211. The molecule has 0 aromatic heterocycles. The zero-order valence-corrected chi connectivity index (χ0v) is 15.4. The highest BCUT2D eigenvalue weighted by atomic mass is 32.2. The first kappa shape index (κ1) is 18.7. The molecule has 134 valence electrons. The maximum atomic E-state index is 12.4. The van der Waals surface area contributed by atoms with E-state index in [0.717, 1.165) is 51.4 Å². The van der Waals surface area contributed by atoms with Crippen LogP contribution in [0, 0.1) is 5.92 Å². The van der Waals surface area contributed by atoms with Gasteiger partial charge in [-0.25, -0.2) is 13.1 Å². The first-order valence-corrected chi connectivity index (χ1v) is 10.8. The molecule has 0 aromatic carbocycles. The quantitative estimate of drug-likeness (QED) is 0.780. The lowest BCUT2D eigenvalue weighted by molar-refractivity contribution is -0.129. The first-order valence-electron chi connectivity index (χ1n) is 9.13. The van der Waals surface area contributed by atoms with Crippen LogP contribution in [0.2, 0.25) is 0 Å². The maximum absolute atomic E-state index is 12.4. The fourth-order valence-corrected chi connectivity index (χ4v) is 5.14. The average Bonchev–Trinajstić information content (AvgIpc) is 2.77. The normalized spacial score (nSPS) is 27.4. The van der Waals surface area contributed by atoms with E-state index in [9.17, 15) is 13.2 Å². The molecule has 1 amide bonds. The monoisotopic (exact) mass is 344 g/mol. The van der Waals surface area contributed by atoms with Crippen molar-refractivity contribution in [2.75, 3.05) is 12.8 Å². The molecule has 0 heterocycles. The molecule has 0 aromatic rings. The Bertz CT molecular complexity index is 476. The van der Waals surface area contributed by atoms with Crippen molar-refractivity contribution >= 4 is 15.9 Å². The van der Waals surface area contributed by atoms with E-state index in [1.807, 2.05) is 0 Å². The molecule has 2 rings (SSSR count). The van der Waals surface area contributed by atoms with Gasteiger partial charge in [0, 0.05) is 19.1 Å². The minimum atomic E-state index is -3.53. The Morgan fingerprint density at radius 2 is 1.57 bits per heavy atom. The minimum Gasteiger partial charge on any atom is -0.342 e. The number of nitrogens with one attached hydrogen (secondary N) is 1. The van der Waals surface area contributed by atoms with Crippen LogP contribution < -0.4 is 4.72 Å². The maximum Gasteiger partial charge on any atom is 0.239 e. The molecule has 0 aliphatic heterocycles. The smallest absolute Gasteiger partial charge is 0.239 e. The molecular formula is C17H32N2O3S. The van der Waals surface area contributed by atoms with Crippen molar-refractivity contribution in [1.82, 2.24) is 9.62 Å². The number of amides is 1. The van der Waals surface area contributed by atoms with Crippen molar-refractivity contribution in [3.05, 3.63) is 0 Å². The van der Waals surface area contributed by atoms with Gasteiger partial charge in [0.2, 0.25) is 15.9 Å². The van der Waals surface area contributed by atoms with E-state index in [2.05, 4.69) is 11.6 Å². The average molecular weight is 345 g/mol. The lowest BCUT2D eigenvalue weighted by Gasteiger charge is -2.29. The molecule has 0 saturated heterocycles. The van der Waals surface area contributed by atoms with Crippen molar-refractivity contribution in [1.29, 1.82) is 0 Å². The van der Waals surface area contributed by atoms with Crippen LogP contribution in [0.3, 0.4) is 0 Å². The summed E-state index contributed by atoms with van der Waals surface area (Å²) in [7, 11) is -1.77. The summed E-state index contributed by atoms with van der Waals surface area (Å²) >= 11 is 0. The van der Waals surface area contributed by atoms with Gasteiger partial charge in [-0.3, -0.25) is 4.79 Å². The van der Waals surface area contributed by atoms with Crippen molar-refractivity contribution in [2.45, 2.75) is 83.2 Å². The summed E-state index contributed by atoms with van der Waals surface area (Å²) in [6.07, 6.45) is 10.6. The van der Waals surface area contributed by atoms with Crippen LogP contribution in [0.1, 0.15) is 71.1 Å². The van der Waals surface area contributed by atoms with Crippen molar-refractivity contribution in [3.8, 4) is 0 Å². The standard InChI is InChI=1S/C17H32N2O3S/c1-14-9-11-15(12-10-14)18-23(21,22)13-17(20)19(2)16-7-5-3-4-6-8-16/h14-16,18H,3-13H2,1-2H3. The summed E-state index contributed by atoms with van der Waals surface area (Å²) in [5.41, 5.74) is 0. The number of nitrogens with zero attached hydrogens (tertiary/aromatic N) is 1. The Balaban J connectivity index is 1.84. The molecule has 0 spiro atoms. The molecule has 2 aliphatic carbocycles. The van der Waals surface area contributed by atoms with Crippen LogP contribution in [0.4, 0.5) is 0 Å². The van der Waals surface area contributed by atoms with E-state index in [1.54, 1.807) is 11.9 Å². The number of carbonyl (C=O) groups is 1. The lowest BCUT2D eigenvalue weighted by atomic mass is 9.88. The largest absolute Gasteiger partial charge is 0.342 e. The number of rotatable bonds is 5. The Kier molecular flexibility index (Phi) is 6.89. The number of carbonyl (C=O) groups excluding carboxylic acids is 1.